The quantitative estimate of drug-likeness (QED) is 0.166. The summed E-state index contributed by atoms with van der Waals surface area (Å²) in [5.74, 6) is 1.68. The largest absolute Gasteiger partial charge is 0.507 e. The SMILES string of the molecule is Oc1ccc(-c2cccc(-c3ccc(-c4ccccc4)cc3)c2)c(-c2nc(-c3ccc(-c4cccc5ccccc45)cc3)nc(-c3ccc4ccccc4c3)n2)c1-c1ccccc1. The van der Waals surface area contributed by atoms with E-state index in [1.54, 1.807) is 6.07 Å². The predicted molar refractivity (Wildman–Crippen MR) is 260 cm³/mol. The number of phenolic OH excluding ortho intramolecular Hbond substituents is 1. The third-order valence-electron chi connectivity index (χ3n) is 11.9. The number of benzene rings is 10. The first-order valence-corrected chi connectivity index (χ1v) is 21.1. The Morgan fingerprint density at radius 1 is 0.254 bits per heavy atom. The van der Waals surface area contributed by atoms with Crippen LogP contribution in [0.25, 0.3) is 111 Å². The molecule has 4 heteroatoms. The third-order valence-corrected chi connectivity index (χ3v) is 11.9. The van der Waals surface area contributed by atoms with Crippen molar-refractivity contribution < 1.29 is 5.11 Å². The molecule has 0 bridgehead atoms. The summed E-state index contributed by atoms with van der Waals surface area (Å²) in [6, 6.07) is 79.4. The van der Waals surface area contributed by atoms with Crippen LogP contribution in [0.5, 0.6) is 5.75 Å². The van der Waals surface area contributed by atoms with Gasteiger partial charge in [0.2, 0.25) is 0 Å². The maximum atomic E-state index is 11.9. The molecule has 0 radical (unpaired) electrons. The number of aromatic nitrogens is 3. The summed E-state index contributed by atoms with van der Waals surface area (Å²) in [7, 11) is 0. The van der Waals surface area contributed by atoms with Crippen molar-refractivity contribution in [1.29, 1.82) is 0 Å². The van der Waals surface area contributed by atoms with Crippen molar-refractivity contribution in [3.05, 3.63) is 231 Å². The van der Waals surface area contributed by atoms with Gasteiger partial charge >= 0.3 is 0 Å². The molecule has 63 heavy (non-hydrogen) atoms. The van der Waals surface area contributed by atoms with Crippen molar-refractivity contribution in [2.45, 2.75) is 0 Å². The molecule has 0 amide bonds. The topological polar surface area (TPSA) is 58.9 Å². The molecule has 4 nitrogen and oxygen atoms in total. The van der Waals surface area contributed by atoms with Gasteiger partial charge < -0.3 is 5.11 Å². The van der Waals surface area contributed by atoms with E-state index in [9.17, 15) is 5.11 Å². The molecule has 296 valence electrons. The molecule has 0 spiro atoms. The lowest BCUT2D eigenvalue weighted by atomic mass is 9.89. The number of hydrogen-bond donors (Lipinski definition) is 1. The van der Waals surface area contributed by atoms with E-state index >= 15 is 0 Å². The van der Waals surface area contributed by atoms with Crippen molar-refractivity contribution in [3.63, 3.8) is 0 Å². The van der Waals surface area contributed by atoms with Gasteiger partial charge in [-0.1, -0.05) is 206 Å². The van der Waals surface area contributed by atoms with Gasteiger partial charge in [-0.25, -0.2) is 15.0 Å². The number of fused-ring (bicyclic) bond motifs is 2. The average Bonchev–Trinajstić information content (AvgIpc) is 3.36. The summed E-state index contributed by atoms with van der Waals surface area (Å²) in [6.45, 7) is 0. The van der Waals surface area contributed by atoms with Crippen LogP contribution in [0.1, 0.15) is 0 Å². The molecule has 0 unspecified atom stereocenters. The van der Waals surface area contributed by atoms with Gasteiger partial charge in [0.05, 0.1) is 0 Å². The Morgan fingerprint density at radius 3 is 1.52 bits per heavy atom. The summed E-state index contributed by atoms with van der Waals surface area (Å²) in [5.41, 5.74) is 12.6. The number of nitrogens with zero attached hydrogens (tertiary/aromatic N) is 3. The monoisotopic (exact) mass is 805 g/mol. The molecule has 1 aromatic heterocycles. The van der Waals surface area contributed by atoms with Gasteiger partial charge in [0.25, 0.3) is 0 Å². The lowest BCUT2D eigenvalue weighted by molar-refractivity contribution is 0.477. The number of rotatable bonds is 8. The second-order valence-corrected chi connectivity index (χ2v) is 15.7. The Kier molecular flexibility index (Phi) is 9.64. The van der Waals surface area contributed by atoms with Crippen LogP contribution in [-0.4, -0.2) is 20.1 Å². The van der Waals surface area contributed by atoms with E-state index in [1.807, 2.05) is 54.6 Å². The zero-order valence-electron chi connectivity index (χ0n) is 34.2. The fourth-order valence-electron chi connectivity index (χ4n) is 8.66. The summed E-state index contributed by atoms with van der Waals surface area (Å²) < 4.78 is 0. The highest BCUT2D eigenvalue weighted by Crippen LogP contribution is 2.45. The Balaban J connectivity index is 1.10. The molecule has 1 N–H and O–H groups in total. The smallest absolute Gasteiger partial charge is 0.165 e. The number of phenols is 1. The van der Waals surface area contributed by atoms with Crippen molar-refractivity contribution in [1.82, 2.24) is 15.0 Å². The zero-order valence-corrected chi connectivity index (χ0v) is 34.2. The first-order chi connectivity index (χ1) is 31.1. The van der Waals surface area contributed by atoms with E-state index in [0.717, 1.165) is 60.8 Å². The zero-order chi connectivity index (χ0) is 42.1. The molecular formula is C59H39N3O. The molecule has 0 aliphatic heterocycles. The Hall–Kier alpha value is -8.47. The molecule has 0 aliphatic rings. The fourth-order valence-corrected chi connectivity index (χ4v) is 8.66. The maximum Gasteiger partial charge on any atom is 0.165 e. The van der Waals surface area contributed by atoms with E-state index < -0.39 is 0 Å². The van der Waals surface area contributed by atoms with E-state index in [4.69, 9.17) is 15.0 Å². The van der Waals surface area contributed by atoms with Gasteiger partial charge in [-0.15, -0.1) is 0 Å². The van der Waals surface area contributed by atoms with Crippen molar-refractivity contribution in [2.75, 3.05) is 0 Å². The third kappa shape index (κ3) is 7.30. The molecule has 0 fully saturated rings. The average molecular weight is 806 g/mol. The Bertz CT molecular complexity index is 3430. The van der Waals surface area contributed by atoms with Crippen LogP contribution in [-0.2, 0) is 0 Å². The van der Waals surface area contributed by atoms with Crippen LogP contribution in [0.15, 0.2) is 231 Å². The van der Waals surface area contributed by atoms with E-state index in [2.05, 4.69) is 170 Å². The lowest BCUT2D eigenvalue weighted by Crippen LogP contribution is -2.03. The van der Waals surface area contributed by atoms with Gasteiger partial charge in [-0.3, -0.25) is 0 Å². The second-order valence-electron chi connectivity index (χ2n) is 15.7. The molecular weight excluding hydrogens is 767 g/mol. The minimum Gasteiger partial charge on any atom is -0.507 e. The molecule has 1 heterocycles. The minimum atomic E-state index is 0.140. The highest BCUT2D eigenvalue weighted by atomic mass is 16.3. The summed E-state index contributed by atoms with van der Waals surface area (Å²) in [4.78, 5) is 15.8. The normalized spacial score (nSPS) is 11.2. The molecule has 11 aromatic rings. The summed E-state index contributed by atoms with van der Waals surface area (Å²) >= 11 is 0. The van der Waals surface area contributed by atoms with Crippen molar-refractivity contribution in [3.8, 4) is 95.5 Å². The highest BCUT2D eigenvalue weighted by Gasteiger charge is 2.23. The summed E-state index contributed by atoms with van der Waals surface area (Å²) in [6.07, 6.45) is 0. The van der Waals surface area contributed by atoms with Gasteiger partial charge in [0.1, 0.15) is 5.75 Å². The highest BCUT2D eigenvalue weighted by molar-refractivity contribution is 5.98. The number of aromatic hydroxyl groups is 1. The maximum absolute atomic E-state index is 11.9. The van der Waals surface area contributed by atoms with Gasteiger partial charge in [0.15, 0.2) is 17.5 Å². The van der Waals surface area contributed by atoms with Crippen molar-refractivity contribution in [2.24, 2.45) is 0 Å². The molecule has 0 saturated carbocycles. The lowest BCUT2D eigenvalue weighted by Gasteiger charge is -2.18. The van der Waals surface area contributed by atoms with Crippen LogP contribution < -0.4 is 0 Å². The van der Waals surface area contributed by atoms with Crippen LogP contribution in [0, 0.1) is 0 Å². The Labute approximate surface area is 366 Å². The molecule has 0 atom stereocenters. The van der Waals surface area contributed by atoms with Gasteiger partial charge in [0, 0.05) is 22.3 Å². The molecule has 0 aliphatic carbocycles. The predicted octanol–water partition coefficient (Wildman–Crippen LogP) is 15.2. The van der Waals surface area contributed by atoms with E-state index in [0.29, 0.717) is 23.0 Å². The van der Waals surface area contributed by atoms with Gasteiger partial charge in [-0.05, 0) is 95.9 Å². The molecule has 0 saturated heterocycles. The van der Waals surface area contributed by atoms with Crippen LogP contribution >= 0.6 is 0 Å². The molecule has 11 rings (SSSR count). The van der Waals surface area contributed by atoms with Crippen LogP contribution in [0.2, 0.25) is 0 Å². The second kappa shape index (κ2) is 16.2. The van der Waals surface area contributed by atoms with E-state index in [-0.39, 0.29) is 5.75 Å². The fraction of sp³-hybridized carbons (Fsp3) is 0. The van der Waals surface area contributed by atoms with E-state index in [1.165, 1.54) is 27.5 Å². The number of hydrogen-bond acceptors (Lipinski definition) is 4. The van der Waals surface area contributed by atoms with Crippen LogP contribution in [0.4, 0.5) is 0 Å². The van der Waals surface area contributed by atoms with Crippen molar-refractivity contribution >= 4 is 21.5 Å². The molecule has 10 aromatic carbocycles. The first kappa shape index (κ1) is 37.5. The first-order valence-electron chi connectivity index (χ1n) is 21.1. The standard InChI is InChI=1S/C59H39N3O/c63-54-36-35-53(49-22-11-21-48(37-49)42-27-25-41(26-28-42)39-13-3-1-4-14-39)56(55(54)45-17-5-2-6-18-45)59-61-57(60-58(62-59)50-34-29-40-15-7-8-19-47(40)38-50)46-32-30-44(31-33-46)52-24-12-20-43-16-9-10-23-51(43)52/h1-38,63H. The summed E-state index contributed by atoms with van der Waals surface area (Å²) in [5, 5.41) is 16.5. The van der Waals surface area contributed by atoms with Crippen LogP contribution in [0.3, 0.4) is 0 Å². The van der Waals surface area contributed by atoms with Gasteiger partial charge in [-0.2, -0.15) is 0 Å². The minimum absolute atomic E-state index is 0.140. The Morgan fingerprint density at radius 2 is 0.762 bits per heavy atom.